The smallest absolute Gasteiger partial charge is 0.251 e. The summed E-state index contributed by atoms with van der Waals surface area (Å²) in [5.74, 6) is -0.579. The van der Waals surface area contributed by atoms with Crippen molar-refractivity contribution in [1.29, 1.82) is 0 Å². The van der Waals surface area contributed by atoms with E-state index in [0.717, 1.165) is 5.56 Å². The van der Waals surface area contributed by atoms with Gasteiger partial charge in [-0.05, 0) is 31.0 Å². The van der Waals surface area contributed by atoms with Crippen LogP contribution in [0.25, 0.3) is 0 Å². The van der Waals surface area contributed by atoms with Crippen molar-refractivity contribution >= 4 is 21.8 Å². The van der Waals surface area contributed by atoms with Gasteiger partial charge in [-0.3, -0.25) is 9.59 Å². The van der Waals surface area contributed by atoms with Crippen LogP contribution >= 0.6 is 0 Å². The second-order valence-electron chi connectivity index (χ2n) is 6.95. The highest BCUT2D eigenvalue weighted by atomic mass is 32.2. The largest absolute Gasteiger partial charge is 0.354 e. The fourth-order valence-corrected chi connectivity index (χ4v) is 3.73. The van der Waals surface area contributed by atoms with Crippen LogP contribution in [0.15, 0.2) is 60.7 Å². The summed E-state index contributed by atoms with van der Waals surface area (Å²) in [4.78, 5) is 25.3. The zero-order valence-electron chi connectivity index (χ0n) is 17.4. The summed E-state index contributed by atoms with van der Waals surface area (Å²) >= 11 is 0. The number of benzene rings is 2. The molecule has 0 bridgehead atoms. The van der Waals surface area contributed by atoms with E-state index in [9.17, 15) is 18.0 Å². The number of carbonyl (C=O) groups is 2. The second kappa shape index (κ2) is 11.5. The Morgan fingerprint density at radius 1 is 1.00 bits per heavy atom. The van der Waals surface area contributed by atoms with Gasteiger partial charge in [-0.15, -0.1) is 0 Å². The predicted octanol–water partition coefficient (Wildman–Crippen LogP) is 1.82. The lowest BCUT2D eigenvalue weighted by atomic mass is 10.0. The summed E-state index contributed by atoms with van der Waals surface area (Å²) < 4.78 is 24.9. The Morgan fingerprint density at radius 3 is 2.20 bits per heavy atom. The average Bonchev–Trinajstić information content (AvgIpc) is 2.77. The minimum Gasteiger partial charge on any atom is -0.354 e. The average molecular weight is 432 g/mol. The van der Waals surface area contributed by atoms with Crippen molar-refractivity contribution in [1.82, 2.24) is 14.9 Å². The molecular weight excluding hydrogens is 402 g/mol. The van der Waals surface area contributed by atoms with E-state index in [1.54, 1.807) is 31.2 Å². The van der Waals surface area contributed by atoms with Crippen LogP contribution in [0.4, 0.5) is 0 Å². The molecule has 0 fully saturated rings. The van der Waals surface area contributed by atoms with Crippen molar-refractivity contribution in [2.24, 2.45) is 0 Å². The summed E-state index contributed by atoms with van der Waals surface area (Å²) in [7, 11) is -1.71. The Morgan fingerprint density at radius 2 is 1.60 bits per heavy atom. The van der Waals surface area contributed by atoms with Gasteiger partial charge in [-0.2, -0.15) is 0 Å². The summed E-state index contributed by atoms with van der Waals surface area (Å²) in [5, 5.41) is 5.62. The number of nitrogens with zero attached hydrogens (tertiary/aromatic N) is 1. The molecular formula is C22H29N3O4S. The number of rotatable bonds is 11. The first-order valence-electron chi connectivity index (χ1n) is 9.95. The van der Waals surface area contributed by atoms with Gasteiger partial charge >= 0.3 is 0 Å². The maximum atomic E-state index is 12.8. The molecule has 0 unspecified atom stereocenters. The van der Waals surface area contributed by atoms with Crippen molar-refractivity contribution < 1.29 is 18.0 Å². The molecule has 0 saturated heterocycles. The van der Waals surface area contributed by atoms with Crippen LogP contribution in [0.1, 0.15) is 29.3 Å². The summed E-state index contributed by atoms with van der Waals surface area (Å²) in [6.45, 7) is 2.22. The van der Waals surface area contributed by atoms with E-state index in [1.165, 1.54) is 11.4 Å². The molecule has 0 spiro atoms. The summed E-state index contributed by atoms with van der Waals surface area (Å²) in [5.41, 5.74) is 1.41. The quantitative estimate of drug-likeness (QED) is 0.531. The van der Waals surface area contributed by atoms with Crippen molar-refractivity contribution in [2.75, 3.05) is 25.9 Å². The molecule has 0 saturated carbocycles. The van der Waals surface area contributed by atoms with Crippen LogP contribution in [-0.2, 0) is 21.2 Å². The first kappa shape index (κ1) is 23.6. The maximum absolute atomic E-state index is 12.8. The second-order valence-corrected chi connectivity index (χ2v) is 9.31. The number of carbonyl (C=O) groups excluding carboxylic acids is 2. The topological polar surface area (TPSA) is 95.6 Å². The van der Waals surface area contributed by atoms with Gasteiger partial charge in [0.2, 0.25) is 15.9 Å². The lowest BCUT2D eigenvalue weighted by Crippen LogP contribution is -2.48. The number of amides is 2. The van der Waals surface area contributed by atoms with Gasteiger partial charge in [-0.1, -0.05) is 48.5 Å². The Labute approximate surface area is 178 Å². The van der Waals surface area contributed by atoms with Gasteiger partial charge in [0.15, 0.2) is 0 Å². The van der Waals surface area contributed by atoms with Gasteiger partial charge in [0.25, 0.3) is 5.91 Å². The third-order valence-electron chi connectivity index (χ3n) is 4.73. The molecule has 8 heteroatoms. The van der Waals surface area contributed by atoms with Crippen LogP contribution in [0, 0.1) is 0 Å². The molecule has 162 valence electrons. The van der Waals surface area contributed by atoms with E-state index >= 15 is 0 Å². The van der Waals surface area contributed by atoms with Crippen LogP contribution in [0.3, 0.4) is 0 Å². The van der Waals surface area contributed by atoms with Gasteiger partial charge in [-0.25, -0.2) is 12.7 Å². The number of sulfonamides is 1. The lowest BCUT2D eigenvalue weighted by Gasteiger charge is -2.20. The van der Waals surface area contributed by atoms with E-state index in [4.69, 9.17) is 0 Å². The van der Waals surface area contributed by atoms with Gasteiger partial charge < -0.3 is 10.6 Å². The molecule has 0 radical (unpaired) electrons. The number of hydrogen-bond donors (Lipinski definition) is 2. The minimum absolute atomic E-state index is 0.0422. The first-order valence-corrected chi connectivity index (χ1v) is 11.6. The van der Waals surface area contributed by atoms with Gasteiger partial charge in [0.1, 0.15) is 6.04 Å². The molecule has 0 aliphatic carbocycles. The fourth-order valence-electron chi connectivity index (χ4n) is 2.89. The highest BCUT2D eigenvalue weighted by Crippen LogP contribution is 2.06. The summed E-state index contributed by atoms with van der Waals surface area (Å²) in [6, 6.07) is 17.5. The molecule has 7 nitrogen and oxygen atoms in total. The summed E-state index contributed by atoms with van der Waals surface area (Å²) in [6.07, 6.45) is 0.835. The first-order chi connectivity index (χ1) is 14.3. The maximum Gasteiger partial charge on any atom is 0.251 e. The van der Waals surface area contributed by atoms with E-state index in [-0.39, 0.29) is 17.6 Å². The molecule has 2 amide bonds. The molecule has 2 N–H and O–H groups in total. The molecule has 0 aliphatic heterocycles. The van der Waals surface area contributed by atoms with Crippen molar-refractivity contribution in [3.05, 3.63) is 71.8 Å². The highest BCUT2D eigenvalue weighted by molar-refractivity contribution is 7.89. The Balaban J connectivity index is 1.97. The van der Waals surface area contributed by atoms with Gasteiger partial charge in [0.05, 0.1) is 5.75 Å². The molecule has 0 aliphatic rings. The normalized spacial score (nSPS) is 12.4. The fraction of sp³-hybridized carbons (Fsp3) is 0.364. The standard InChI is InChI=1S/C22H29N3O4S/c1-3-30(28,29)25(2)16-10-15-23-22(27)20(17-18-11-6-4-7-12-18)24-21(26)19-13-8-5-9-14-19/h4-9,11-14,20H,3,10,15-17H2,1-2H3,(H,23,27)(H,24,26)/t20-/m1/s1. The van der Waals surface area contributed by atoms with Crippen LogP contribution in [-0.4, -0.2) is 56.5 Å². The molecule has 2 aromatic rings. The van der Waals surface area contributed by atoms with Crippen molar-refractivity contribution in [2.45, 2.75) is 25.8 Å². The van der Waals surface area contributed by atoms with E-state index in [1.807, 2.05) is 36.4 Å². The van der Waals surface area contributed by atoms with Crippen LogP contribution in [0.2, 0.25) is 0 Å². The number of nitrogens with one attached hydrogen (secondary N) is 2. The molecule has 1 atom stereocenters. The Kier molecular flexibility index (Phi) is 9.01. The highest BCUT2D eigenvalue weighted by Gasteiger charge is 2.22. The monoisotopic (exact) mass is 431 g/mol. The Bertz CT molecular complexity index is 918. The minimum atomic E-state index is -3.24. The van der Waals surface area contributed by atoms with Crippen LogP contribution in [0.5, 0.6) is 0 Å². The Hall–Kier alpha value is -2.71. The zero-order chi connectivity index (χ0) is 22.0. The third-order valence-corrected chi connectivity index (χ3v) is 6.59. The predicted molar refractivity (Wildman–Crippen MR) is 118 cm³/mol. The molecule has 30 heavy (non-hydrogen) atoms. The van der Waals surface area contributed by atoms with Crippen molar-refractivity contribution in [3.63, 3.8) is 0 Å². The molecule has 2 rings (SSSR count). The van der Waals surface area contributed by atoms with Crippen molar-refractivity contribution in [3.8, 4) is 0 Å². The third kappa shape index (κ3) is 7.27. The number of hydrogen-bond acceptors (Lipinski definition) is 4. The SMILES string of the molecule is CCS(=O)(=O)N(C)CCCNC(=O)[C@@H](Cc1ccccc1)NC(=O)c1ccccc1. The van der Waals surface area contributed by atoms with E-state index in [0.29, 0.717) is 31.5 Å². The van der Waals surface area contributed by atoms with E-state index < -0.39 is 16.1 Å². The molecule has 2 aromatic carbocycles. The van der Waals surface area contributed by atoms with E-state index in [2.05, 4.69) is 10.6 Å². The molecule has 0 heterocycles. The lowest BCUT2D eigenvalue weighted by molar-refractivity contribution is -0.122. The van der Waals surface area contributed by atoms with Crippen LogP contribution < -0.4 is 10.6 Å². The zero-order valence-corrected chi connectivity index (χ0v) is 18.2. The van der Waals surface area contributed by atoms with Gasteiger partial charge in [0, 0.05) is 32.1 Å². The molecule has 0 aromatic heterocycles.